The number of unbranched alkanes of at least 4 members (excludes halogenated alkanes) is 1. The Labute approximate surface area is 199 Å². The summed E-state index contributed by atoms with van der Waals surface area (Å²) in [6.45, 7) is 2.08. The van der Waals surface area contributed by atoms with Gasteiger partial charge in [0.05, 0.1) is 6.54 Å². The van der Waals surface area contributed by atoms with Gasteiger partial charge in [-0.1, -0.05) is 68.3 Å². The van der Waals surface area contributed by atoms with E-state index in [1.807, 2.05) is 31.2 Å². The third kappa shape index (κ3) is 6.35. The van der Waals surface area contributed by atoms with E-state index in [4.69, 9.17) is 14.6 Å². The minimum atomic E-state index is -1.15. The molecule has 1 aliphatic carbocycles. The van der Waals surface area contributed by atoms with Gasteiger partial charge in [-0.05, 0) is 28.7 Å². The molecule has 2 atom stereocenters. The molecule has 0 aromatic heterocycles. The molecule has 0 spiro atoms. The minimum absolute atomic E-state index is 0.0280. The highest BCUT2D eigenvalue weighted by molar-refractivity contribution is 5.80. The summed E-state index contributed by atoms with van der Waals surface area (Å²) in [4.78, 5) is 36.0. The third-order valence-corrected chi connectivity index (χ3v) is 6.05. The van der Waals surface area contributed by atoms with E-state index < -0.39 is 24.2 Å². The van der Waals surface area contributed by atoms with Crippen LogP contribution in [0.4, 0.5) is 4.79 Å². The molecule has 0 aliphatic heterocycles. The van der Waals surface area contributed by atoms with Crippen molar-refractivity contribution in [1.29, 1.82) is 0 Å². The van der Waals surface area contributed by atoms with E-state index in [0.717, 1.165) is 35.1 Å². The first-order valence-corrected chi connectivity index (χ1v) is 11.6. The maximum atomic E-state index is 12.6. The molecule has 0 heterocycles. The summed E-state index contributed by atoms with van der Waals surface area (Å²) < 4.78 is 10.4. The molecule has 3 N–H and O–H groups in total. The molecular formula is C26H32N2O6. The van der Waals surface area contributed by atoms with Gasteiger partial charge in [-0.2, -0.15) is 0 Å². The molecule has 3 rings (SSSR count). The van der Waals surface area contributed by atoms with Gasteiger partial charge < -0.3 is 25.2 Å². The van der Waals surface area contributed by atoms with Gasteiger partial charge in [0.1, 0.15) is 6.61 Å². The van der Waals surface area contributed by atoms with E-state index >= 15 is 0 Å². The first-order chi connectivity index (χ1) is 16.4. The molecule has 1 aliphatic rings. The molecule has 2 aromatic rings. The van der Waals surface area contributed by atoms with E-state index in [1.54, 1.807) is 0 Å². The van der Waals surface area contributed by atoms with Crippen LogP contribution in [-0.4, -0.2) is 55.5 Å². The lowest BCUT2D eigenvalue weighted by Crippen LogP contribution is -2.42. The molecule has 182 valence electrons. The van der Waals surface area contributed by atoms with Crippen molar-refractivity contribution in [1.82, 2.24) is 10.6 Å². The maximum absolute atomic E-state index is 12.6. The van der Waals surface area contributed by atoms with Crippen molar-refractivity contribution in [3.63, 3.8) is 0 Å². The van der Waals surface area contributed by atoms with Crippen molar-refractivity contribution in [3.8, 4) is 11.1 Å². The topological polar surface area (TPSA) is 114 Å². The summed E-state index contributed by atoms with van der Waals surface area (Å²) >= 11 is 0. The van der Waals surface area contributed by atoms with Crippen molar-refractivity contribution in [2.75, 3.05) is 20.3 Å². The lowest BCUT2D eigenvalue weighted by molar-refractivity contribution is -0.148. The number of rotatable bonds is 12. The number of fused-ring (bicyclic) bond motifs is 3. The number of alkyl carbamates (subject to hydrolysis) is 1. The smallest absolute Gasteiger partial charge is 0.407 e. The lowest BCUT2D eigenvalue weighted by atomic mass is 9.98. The largest absolute Gasteiger partial charge is 0.479 e. The van der Waals surface area contributed by atoms with Crippen molar-refractivity contribution in [2.45, 2.75) is 50.7 Å². The summed E-state index contributed by atoms with van der Waals surface area (Å²) in [5, 5.41) is 14.4. The summed E-state index contributed by atoms with van der Waals surface area (Å²) in [7, 11) is 1.27. The molecular weight excluding hydrogens is 436 g/mol. The predicted molar refractivity (Wildman–Crippen MR) is 128 cm³/mol. The highest BCUT2D eigenvalue weighted by atomic mass is 16.5. The number of carbonyl (C=O) groups excluding carboxylic acids is 2. The molecule has 2 amide bonds. The van der Waals surface area contributed by atoms with Gasteiger partial charge >= 0.3 is 12.1 Å². The number of carboxylic acids is 1. The Morgan fingerprint density at radius 2 is 1.65 bits per heavy atom. The van der Waals surface area contributed by atoms with Crippen molar-refractivity contribution in [2.24, 2.45) is 0 Å². The van der Waals surface area contributed by atoms with Crippen LogP contribution in [0.3, 0.4) is 0 Å². The van der Waals surface area contributed by atoms with Gasteiger partial charge in [-0.3, -0.25) is 4.79 Å². The summed E-state index contributed by atoms with van der Waals surface area (Å²) in [5.74, 6) is -1.55. The van der Waals surface area contributed by atoms with Crippen molar-refractivity contribution >= 4 is 18.0 Å². The Morgan fingerprint density at radius 3 is 2.21 bits per heavy atom. The third-order valence-electron chi connectivity index (χ3n) is 6.05. The van der Waals surface area contributed by atoms with Crippen LogP contribution in [0.15, 0.2) is 48.5 Å². The fraction of sp³-hybridized carbons (Fsp3) is 0.423. The molecule has 0 bridgehead atoms. The van der Waals surface area contributed by atoms with Crippen LogP contribution in [0.1, 0.15) is 49.7 Å². The van der Waals surface area contributed by atoms with Gasteiger partial charge in [-0.25, -0.2) is 9.59 Å². The van der Waals surface area contributed by atoms with Gasteiger partial charge in [0.25, 0.3) is 0 Å². The summed E-state index contributed by atoms with van der Waals surface area (Å²) in [6, 6.07) is 15.8. The normalized spacial score (nSPS) is 13.9. The van der Waals surface area contributed by atoms with Crippen LogP contribution in [-0.2, 0) is 19.1 Å². The van der Waals surface area contributed by atoms with E-state index in [0.29, 0.717) is 6.42 Å². The quantitative estimate of drug-likeness (QED) is 0.438. The molecule has 2 aromatic carbocycles. The minimum Gasteiger partial charge on any atom is -0.479 e. The lowest BCUT2D eigenvalue weighted by Gasteiger charge is -2.20. The van der Waals surface area contributed by atoms with Crippen LogP contribution >= 0.6 is 0 Å². The van der Waals surface area contributed by atoms with Crippen LogP contribution in [0.25, 0.3) is 11.1 Å². The number of carbonyl (C=O) groups is 3. The first kappa shape index (κ1) is 25.2. The van der Waals surface area contributed by atoms with Gasteiger partial charge in [0.15, 0.2) is 6.10 Å². The molecule has 34 heavy (non-hydrogen) atoms. The predicted octanol–water partition coefficient (Wildman–Crippen LogP) is 3.69. The number of methoxy groups -OCH3 is 1. The van der Waals surface area contributed by atoms with E-state index in [-0.39, 0.29) is 31.4 Å². The Hall–Kier alpha value is -3.39. The number of benzene rings is 2. The second-order valence-corrected chi connectivity index (χ2v) is 8.38. The average Bonchev–Trinajstić information content (AvgIpc) is 3.15. The second kappa shape index (κ2) is 12.2. The van der Waals surface area contributed by atoms with Crippen LogP contribution in [0.2, 0.25) is 0 Å². The molecule has 0 radical (unpaired) electrons. The fourth-order valence-electron chi connectivity index (χ4n) is 4.26. The van der Waals surface area contributed by atoms with Crippen molar-refractivity contribution in [3.05, 3.63) is 59.7 Å². The Bertz CT molecular complexity index is 963. The molecule has 8 nitrogen and oxygen atoms in total. The second-order valence-electron chi connectivity index (χ2n) is 8.38. The Balaban J connectivity index is 1.57. The highest BCUT2D eigenvalue weighted by Crippen LogP contribution is 2.44. The molecule has 8 heteroatoms. The standard InChI is InChI=1S/C26H32N2O6/c1-3-4-9-17(14-24(29)27-15-23(33-2)25(30)31)28-26(32)34-16-22-20-12-7-5-10-18(20)19-11-6-8-13-21(19)22/h5-8,10-13,17,22-23H,3-4,9,14-16H2,1-2H3,(H,27,29)(H,28,32)(H,30,31). The number of nitrogens with one attached hydrogen (secondary N) is 2. The average molecular weight is 469 g/mol. The Morgan fingerprint density at radius 1 is 1.03 bits per heavy atom. The van der Waals surface area contributed by atoms with Crippen LogP contribution < -0.4 is 10.6 Å². The highest BCUT2D eigenvalue weighted by Gasteiger charge is 2.29. The number of carboxylic acid groups (broad SMARTS) is 1. The summed E-state index contributed by atoms with van der Waals surface area (Å²) in [5.41, 5.74) is 4.56. The van der Waals surface area contributed by atoms with Crippen LogP contribution in [0, 0.1) is 0 Å². The van der Waals surface area contributed by atoms with Crippen molar-refractivity contribution < 1.29 is 29.0 Å². The van der Waals surface area contributed by atoms with Gasteiger partial charge in [0, 0.05) is 25.5 Å². The number of hydrogen-bond donors (Lipinski definition) is 3. The molecule has 0 fully saturated rings. The number of hydrogen-bond acceptors (Lipinski definition) is 5. The van der Waals surface area contributed by atoms with E-state index in [2.05, 4.69) is 34.9 Å². The molecule has 0 saturated heterocycles. The van der Waals surface area contributed by atoms with E-state index in [1.165, 1.54) is 7.11 Å². The monoisotopic (exact) mass is 468 g/mol. The zero-order chi connectivity index (χ0) is 24.5. The zero-order valence-electron chi connectivity index (χ0n) is 19.6. The SMILES string of the molecule is CCCCC(CC(=O)NCC(OC)C(=O)O)NC(=O)OCC1c2ccccc2-c2ccccc21. The fourth-order valence-corrected chi connectivity index (χ4v) is 4.26. The zero-order valence-corrected chi connectivity index (χ0v) is 19.6. The van der Waals surface area contributed by atoms with E-state index in [9.17, 15) is 14.4 Å². The van der Waals surface area contributed by atoms with Gasteiger partial charge in [0.2, 0.25) is 5.91 Å². The number of ether oxygens (including phenoxy) is 2. The van der Waals surface area contributed by atoms with Crippen LogP contribution in [0.5, 0.6) is 0 Å². The molecule has 0 saturated carbocycles. The number of aliphatic carboxylic acids is 1. The molecule has 2 unspecified atom stereocenters. The first-order valence-electron chi connectivity index (χ1n) is 11.6. The summed E-state index contributed by atoms with van der Waals surface area (Å²) in [6.07, 6.45) is 0.692. The number of amides is 2. The van der Waals surface area contributed by atoms with Gasteiger partial charge in [-0.15, -0.1) is 0 Å². The maximum Gasteiger partial charge on any atom is 0.407 e. The Kier molecular flexibility index (Phi) is 9.04.